The quantitative estimate of drug-likeness (QED) is 0.839. The number of ketones is 1. The number of halogens is 1. The summed E-state index contributed by atoms with van der Waals surface area (Å²) < 4.78 is 1.76. The van der Waals surface area contributed by atoms with E-state index in [1.165, 1.54) is 19.3 Å². The predicted molar refractivity (Wildman–Crippen MR) is 85.8 cm³/mol. The Morgan fingerprint density at radius 3 is 2.43 bits per heavy atom. The van der Waals surface area contributed by atoms with Crippen LogP contribution < -0.4 is 0 Å². The van der Waals surface area contributed by atoms with Crippen molar-refractivity contribution in [2.24, 2.45) is 7.05 Å². The number of piperidine rings is 1. The fraction of sp³-hybridized carbons (Fsp3) is 0.750. The normalized spacial score (nSPS) is 17.2. The summed E-state index contributed by atoms with van der Waals surface area (Å²) in [7, 11) is 1.86. The summed E-state index contributed by atoms with van der Waals surface area (Å²) in [5, 5.41) is 5.05. The molecule has 1 aliphatic rings. The van der Waals surface area contributed by atoms with E-state index in [1.807, 2.05) is 27.8 Å². The van der Waals surface area contributed by atoms with Gasteiger partial charge in [-0.25, -0.2) is 0 Å². The number of hydrogen-bond acceptors (Lipinski definition) is 3. The van der Waals surface area contributed by atoms with Crippen molar-refractivity contribution in [3.05, 3.63) is 16.4 Å². The van der Waals surface area contributed by atoms with Crippen molar-refractivity contribution < 1.29 is 4.79 Å². The van der Waals surface area contributed by atoms with Gasteiger partial charge in [0.1, 0.15) is 0 Å². The number of aromatic nitrogens is 2. The zero-order chi connectivity index (χ0) is 15.6. The summed E-state index contributed by atoms with van der Waals surface area (Å²) in [5.74, 6) is 0.219. The van der Waals surface area contributed by atoms with Gasteiger partial charge in [0, 0.05) is 7.05 Å². The number of hydrogen-bond donors (Lipinski definition) is 0. The van der Waals surface area contributed by atoms with Gasteiger partial charge in [0.05, 0.1) is 28.4 Å². The van der Waals surface area contributed by atoms with Gasteiger partial charge in [-0.1, -0.05) is 24.9 Å². The second-order valence-corrected chi connectivity index (χ2v) is 6.77. The van der Waals surface area contributed by atoms with E-state index in [-0.39, 0.29) is 5.78 Å². The van der Waals surface area contributed by atoms with E-state index < -0.39 is 5.54 Å². The van der Waals surface area contributed by atoms with E-state index >= 15 is 0 Å². The molecule has 0 aliphatic carbocycles. The van der Waals surface area contributed by atoms with Crippen LogP contribution in [0.5, 0.6) is 0 Å². The maximum atomic E-state index is 12.8. The van der Waals surface area contributed by atoms with Crippen molar-refractivity contribution in [1.29, 1.82) is 0 Å². The molecule has 1 saturated heterocycles. The summed E-state index contributed by atoms with van der Waals surface area (Å²) >= 11 is 6.36. The molecule has 2 heterocycles. The largest absolute Gasteiger partial charge is 0.297 e. The molecule has 118 valence electrons. The van der Waals surface area contributed by atoms with Crippen molar-refractivity contribution in [1.82, 2.24) is 14.7 Å². The topological polar surface area (TPSA) is 38.1 Å². The lowest BCUT2D eigenvalue weighted by Gasteiger charge is -2.39. The van der Waals surface area contributed by atoms with E-state index in [2.05, 4.69) is 10.00 Å². The summed E-state index contributed by atoms with van der Waals surface area (Å²) in [6.07, 6.45) is 4.78. The standard InChI is InChI=1S/C16H26ClN3O/c1-5-12-15(17)13(19(4)18-12)11-14(21)16(2,3)20-9-7-6-8-10-20/h5-11H2,1-4H3. The average Bonchev–Trinajstić information content (AvgIpc) is 2.75. The highest BCUT2D eigenvalue weighted by Crippen LogP contribution is 2.26. The molecule has 1 aliphatic heterocycles. The molecule has 0 bridgehead atoms. The first-order valence-electron chi connectivity index (χ1n) is 7.86. The molecule has 1 aromatic heterocycles. The summed E-state index contributed by atoms with van der Waals surface area (Å²) in [5.41, 5.74) is 1.28. The van der Waals surface area contributed by atoms with Crippen molar-refractivity contribution in [2.45, 2.75) is 58.4 Å². The second kappa shape index (κ2) is 6.49. The van der Waals surface area contributed by atoms with Gasteiger partial charge < -0.3 is 0 Å². The van der Waals surface area contributed by atoms with Gasteiger partial charge in [0.15, 0.2) is 5.78 Å². The molecule has 0 amide bonds. The van der Waals surface area contributed by atoms with Crippen LogP contribution in [0, 0.1) is 0 Å². The zero-order valence-corrected chi connectivity index (χ0v) is 14.3. The number of Topliss-reactive ketones (excluding diaryl/α,β-unsaturated/α-hetero) is 1. The highest BCUT2D eigenvalue weighted by atomic mass is 35.5. The molecule has 0 N–H and O–H groups in total. The van der Waals surface area contributed by atoms with Crippen LogP contribution >= 0.6 is 11.6 Å². The number of aryl methyl sites for hydroxylation is 2. The van der Waals surface area contributed by atoms with Crippen LogP contribution in [-0.2, 0) is 24.7 Å². The third-order valence-electron chi connectivity index (χ3n) is 4.66. The highest BCUT2D eigenvalue weighted by molar-refractivity contribution is 6.32. The molecule has 0 spiro atoms. The molecule has 4 nitrogen and oxygen atoms in total. The Labute approximate surface area is 132 Å². The molecule has 1 fully saturated rings. The van der Waals surface area contributed by atoms with Crippen LogP contribution in [-0.4, -0.2) is 39.1 Å². The van der Waals surface area contributed by atoms with Crippen molar-refractivity contribution in [2.75, 3.05) is 13.1 Å². The van der Waals surface area contributed by atoms with Crippen LogP contribution in [0.3, 0.4) is 0 Å². The Morgan fingerprint density at radius 1 is 1.29 bits per heavy atom. The maximum absolute atomic E-state index is 12.8. The van der Waals surface area contributed by atoms with E-state index in [0.29, 0.717) is 11.4 Å². The number of rotatable bonds is 5. The molecule has 0 atom stereocenters. The zero-order valence-electron chi connectivity index (χ0n) is 13.6. The Hall–Kier alpha value is -0.870. The number of nitrogens with zero attached hydrogens (tertiary/aromatic N) is 3. The van der Waals surface area contributed by atoms with Gasteiger partial charge in [0.2, 0.25) is 0 Å². The van der Waals surface area contributed by atoms with E-state index in [4.69, 9.17) is 11.6 Å². The van der Waals surface area contributed by atoms with E-state index in [9.17, 15) is 4.79 Å². The fourth-order valence-corrected chi connectivity index (χ4v) is 3.37. The van der Waals surface area contributed by atoms with Crippen molar-refractivity contribution >= 4 is 17.4 Å². The molecular weight excluding hydrogens is 286 g/mol. The van der Waals surface area contributed by atoms with Gasteiger partial charge in [-0.3, -0.25) is 14.4 Å². The Balaban J connectivity index is 2.15. The molecule has 0 saturated carbocycles. The van der Waals surface area contributed by atoms with Gasteiger partial charge in [-0.05, 0) is 46.2 Å². The first kappa shape index (κ1) is 16.5. The lowest BCUT2D eigenvalue weighted by Crippen LogP contribution is -2.52. The van der Waals surface area contributed by atoms with Gasteiger partial charge >= 0.3 is 0 Å². The Morgan fingerprint density at radius 2 is 1.90 bits per heavy atom. The molecule has 21 heavy (non-hydrogen) atoms. The summed E-state index contributed by atoms with van der Waals surface area (Å²) in [6.45, 7) is 8.12. The molecule has 2 rings (SSSR count). The minimum atomic E-state index is -0.430. The third kappa shape index (κ3) is 3.32. The average molecular weight is 312 g/mol. The van der Waals surface area contributed by atoms with Gasteiger partial charge in [-0.15, -0.1) is 0 Å². The van der Waals surface area contributed by atoms with Crippen LogP contribution in [0.1, 0.15) is 51.4 Å². The number of likely N-dealkylation sites (tertiary alicyclic amines) is 1. The molecule has 5 heteroatoms. The molecule has 1 aromatic rings. The first-order valence-corrected chi connectivity index (χ1v) is 8.24. The van der Waals surface area contributed by atoms with Crippen LogP contribution in [0.15, 0.2) is 0 Å². The van der Waals surface area contributed by atoms with Crippen molar-refractivity contribution in [3.8, 4) is 0 Å². The minimum Gasteiger partial charge on any atom is -0.297 e. The van der Waals surface area contributed by atoms with Gasteiger partial charge in [0.25, 0.3) is 0 Å². The molecule has 0 radical (unpaired) electrons. The number of carbonyl (C=O) groups is 1. The van der Waals surface area contributed by atoms with Crippen molar-refractivity contribution in [3.63, 3.8) is 0 Å². The van der Waals surface area contributed by atoms with E-state index in [0.717, 1.165) is 30.9 Å². The summed E-state index contributed by atoms with van der Waals surface area (Å²) in [4.78, 5) is 15.1. The maximum Gasteiger partial charge on any atom is 0.158 e. The van der Waals surface area contributed by atoms with Crippen LogP contribution in [0.25, 0.3) is 0 Å². The first-order chi connectivity index (χ1) is 9.87. The fourth-order valence-electron chi connectivity index (χ4n) is 3.01. The smallest absolute Gasteiger partial charge is 0.158 e. The third-order valence-corrected chi connectivity index (χ3v) is 5.10. The van der Waals surface area contributed by atoms with Gasteiger partial charge in [-0.2, -0.15) is 5.10 Å². The Kier molecular flexibility index (Phi) is 5.10. The van der Waals surface area contributed by atoms with Crippen LogP contribution in [0.2, 0.25) is 5.02 Å². The lowest BCUT2D eigenvalue weighted by atomic mass is 9.91. The molecule has 0 aromatic carbocycles. The summed E-state index contributed by atoms with van der Waals surface area (Å²) in [6, 6.07) is 0. The Bertz CT molecular complexity index is 516. The highest BCUT2D eigenvalue weighted by Gasteiger charge is 2.35. The lowest BCUT2D eigenvalue weighted by molar-refractivity contribution is -0.129. The second-order valence-electron chi connectivity index (χ2n) is 6.39. The SMILES string of the molecule is CCc1nn(C)c(CC(=O)C(C)(C)N2CCCCC2)c1Cl. The minimum absolute atomic E-state index is 0.219. The molecule has 0 unspecified atom stereocenters. The van der Waals surface area contributed by atoms with Crippen LogP contribution in [0.4, 0.5) is 0 Å². The number of carbonyl (C=O) groups excluding carboxylic acids is 1. The van der Waals surface area contributed by atoms with E-state index in [1.54, 1.807) is 4.68 Å². The predicted octanol–water partition coefficient (Wildman–Crippen LogP) is 3.01. The monoisotopic (exact) mass is 311 g/mol. The molecular formula is C16H26ClN3O.